The van der Waals surface area contributed by atoms with Gasteiger partial charge in [-0.25, -0.2) is 9.97 Å². The fourth-order valence-corrected chi connectivity index (χ4v) is 4.63. The number of fused-ring (bicyclic) bond motifs is 1. The maximum Gasteiger partial charge on any atom is 0.416 e. The van der Waals surface area contributed by atoms with E-state index in [1.54, 1.807) is 13.0 Å². The van der Waals surface area contributed by atoms with E-state index in [9.17, 15) is 13.2 Å². The lowest BCUT2D eigenvalue weighted by atomic mass is 9.97. The number of rotatable bonds is 4. The normalized spacial score (nSPS) is 16.5. The Morgan fingerprint density at radius 3 is 2.44 bits per heavy atom. The summed E-state index contributed by atoms with van der Waals surface area (Å²) in [6.07, 6.45) is -2.57. The third-order valence-corrected chi connectivity index (χ3v) is 6.28. The SMILES string of the molecule is Cc1c([C@@H](C)N=c2nc(C)n(C(C)C)c3cnc(N4CCOCC4)cc23)cccc1C(F)(F)F. The van der Waals surface area contributed by atoms with Gasteiger partial charge in [-0.05, 0) is 57.9 Å². The zero-order chi connectivity index (χ0) is 24.6. The van der Waals surface area contributed by atoms with Gasteiger partial charge in [0.05, 0.1) is 36.5 Å². The molecule has 1 fully saturated rings. The van der Waals surface area contributed by atoms with Crippen molar-refractivity contribution in [3.8, 4) is 0 Å². The van der Waals surface area contributed by atoms with Crippen LogP contribution in [0.3, 0.4) is 0 Å². The van der Waals surface area contributed by atoms with Gasteiger partial charge in [0.1, 0.15) is 11.6 Å². The fourth-order valence-electron chi connectivity index (χ4n) is 4.63. The number of hydrogen-bond donors (Lipinski definition) is 0. The molecule has 6 nitrogen and oxygen atoms in total. The highest BCUT2D eigenvalue weighted by atomic mass is 19.4. The first-order chi connectivity index (χ1) is 16.1. The molecule has 4 rings (SSSR count). The van der Waals surface area contributed by atoms with Crippen LogP contribution in [0.15, 0.2) is 35.5 Å². The summed E-state index contributed by atoms with van der Waals surface area (Å²) in [5.41, 5.74) is 1.49. The molecule has 0 unspecified atom stereocenters. The molecule has 0 N–H and O–H groups in total. The van der Waals surface area contributed by atoms with Crippen molar-refractivity contribution >= 4 is 16.7 Å². The summed E-state index contributed by atoms with van der Waals surface area (Å²) in [7, 11) is 0. The third-order valence-electron chi connectivity index (χ3n) is 6.28. The van der Waals surface area contributed by atoms with Crippen molar-refractivity contribution in [2.24, 2.45) is 4.99 Å². The molecule has 1 saturated heterocycles. The Kier molecular flexibility index (Phi) is 6.66. The molecule has 1 aliphatic rings. The van der Waals surface area contributed by atoms with E-state index in [0.29, 0.717) is 24.3 Å². The van der Waals surface area contributed by atoms with Gasteiger partial charge in [-0.2, -0.15) is 13.2 Å². The second-order valence-corrected chi connectivity index (χ2v) is 8.93. The number of nitrogens with zero attached hydrogens (tertiary/aromatic N) is 5. The smallest absolute Gasteiger partial charge is 0.378 e. The molecule has 0 spiro atoms. The van der Waals surface area contributed by atoms with Crippen molar-refractivity contribution in [3.63, 3.8) is 0 Å². The molecule has 3 aromatic rings. The predicted octanol–water partition coefficient (Wildman–Crippen LogP) is 5.15. The third kappa shape index (κ3) is 4.66. The molecule has 9 heteroatoms. The van der Waals surface area contributed by atoms with Crippen molar-refractivity contribution < 1.29 is 17.9 Å². The lowest BCUT2D eigenvalue weighted by Crippen LogP contribution is -2.36. The highest BCUT2D eigenvalue weighted by Gasteiger charge is 2.33. The number of alkyl halides is 3. The van der Waals surface area contributed by atoms with E-state index < -0.39 is 17.8 Å². The molecule has 0 saturated carbocycles. The van der Waals surface area contributed by atoms with E-state index in [1.165, 1.54) is 13.0 Å². The monoisotopic (exact) mass is 473 g/mol. The van der Waals surface area contributed by atoms with Crippen molar-refractivity contribution in [1.82, 2.24) is 14.5 Å². The Balaban J connectivity index is 1.89. The van der Waals surface area contributed by atoms with Crippen LogP contribution >= 0.6 is 0 Å². The van der Waals surface area contributed by atoms with E-state index in [2.05, 4.69) is 23.3 Å². The molecule has 1 aromatic carbocycles. The standard InChI is InChI=1S/C25H30F3N5O/c1-15(2)33-18(5)31-24(20-13-23(29-14-22(20)33)32-9-11-34-12-10-32)30-17(4)19-7-6-8-21(16(19)3)25(26,27)28/h6-8,13-15,17H,9-12H2,1-5H3/t17-/m1/s1. The Morgan fingerprint density at radius 2 is 1.79 bits per heavy atom. The van der Waals surface area contributed by atoms with Crippen molar-refractivity contribution in [2.75, 3.05) is 31.2 Å². The first-order valence-electron chi connectivity index (χ1n) is 11.5. The van der Waals surface area contributed by atoms with Gasteiger partial charge in [0, 0.05) is 24.5 Å². The minimum Gasteiger partial charge on any atom is -0.378 e. The second kappa shape index (κ2) is 9.37. The van der Waals surface area contributed by atoms with Crippen LogP contribution in [0.4, 0.5) is 19.0 Å². The van der Waals surface area contributed by atoms with Crippen LogP contribution < -0.4 is 10.4 Å². The molecule has 3 heterocycles. The van der Waals surface area contributed by atoms with Crippen LogP contribution in [0.25, 0.3) is 10.9 Å². The number of aryl methyl sites for hydroxylation is 1. The molecular formula is C25H30F3N5O. The molecule has 34 heavy (non-hydrogen) atoms. The van der Waals surface area contributed by atoms with Gasteiger partial charge < -0.3 is 14.2 Å². The van der Waals surface area contributed by atoms with Crippen molar-refractivity contribution in [3.05, 3.63) is 58.5 Å². The minimum atomic E-state index is -4.41. The number of halogens is 3. The largest absolute Gasteiger partial charge is 0.416 e. The molecular weight excluding hydrogens is 443 g/mol. The molecule has 1 aliphatic heterocycles. The van der Waals surface area contributed by atoms with Crippen molar-refractivity contribution in [1.29, 1.82) is 0 Å². The quantitative estimate of drug-likeness (QED) is 0.526. The molecule has 182 valence electrons. The fraction of sp³-hybridized carbons (Fsp3) is 0.480. The molecule has 1 atom stereocenters. The highest BCUT2D eigenvalue weighted by molar-refractivity contribution is 5.80. The van der Waals surface area contributed by atoms with E-state index in [-0.39, 0.29) is 11.6 Å². The van der Waals surface area contributed by atoms with Crippen molar-refractivity contribution in [2.45, 2.75) is 52.9 Å². The lowest BCUT2D eigenvalue weighted by Gasteiger charge is -2.28. The summed E-state index contributed by atoms with van der Waals surface area (Å²) in [6.45, 7) is 12.1. The Labute approximate surface area is 197 Å². The number of pyridine rings is 1. The average molecular weight is 474 g/mol. The summed E-state index contributed by atoms with van der Waals surface area (Å²) >= 11 is 0. The topological polar surface area (TPSA) is 55.5 Å². The molecule has 0 amide bonds. The molecule has 0 aliphatic carbocycles. The zero-order valence-electron chi connectivity index (χ0n) is 20.1. The van der Waals surface area contributed by atoms with E-state index in [0.717, 1.165) is 41.7 Å². The van der Waals surface area contributed by atoms with Gasteiger partial charge in [0.15, 0.2) is 5.49 Å². The molecule has 2 aromatic heterocycles. The molecule has 0 bridgehead atoms. The summed E-state index contributed by atoms with van der Waals surface area (Å²) in [5.74, 6) is 1.59. The first-order valence-corrected chi connectivity index (χ1v) is 11.5. The van der Waals surface area contributed by atoms with Gasteiger partial charge in [0.25, 0.3) is 0 Å². The number of ether oxygens (including phenoxy) is 1. The predicted molar refractivity (Wildman–Crippen MR) is 126 cm³/mol. The van der Waals surface area contributed by atoms with Crippen LogP contribution in [-0.4, -0.2) is 40.8 Å². The van der Waals surface area contributed by atoms with Gasteiger partial charge in [0.2, 0.25) is 0 Å². The van der Waals surface area contributed by atoms with Crippen LogP contribution in [0, 0.1) is 13.8 Å². The number of anilines is 1. The van der Waals surface area contributed by atoms with Crippen LogP contribution in [-0.2, 0) is 10.9 Å². The summed E-state index contributed by atoms with van der Waals surface area (Å²) in [6, 6.07) is 5.88. The average Bonchev–Trinajstić information content (AvgIpc) is 2.78. The Morgan fingerprint density at radius 1 is 1.09 bits per heavy atom. The zero-order valence-corrected chi connectivity index (χ0v) is 20.1. The van der Waals surface area contributed by atoms with Crippen LogP contribution in [0.5, 0.6) is 0 Å². The van der Waals surface area contributed by atoms with Crippen LogP contribution in [0.2, 0.25) is 0 Å². The van der Waals surface area contributed by atoms with Gasteiger partial charge >= 0.3 is 6.18 Å². The Bertz CT molecular complexity index is 1260. The number of hydrogen-bond acceptors (Lipinski definition) is 5. The van der Waals surface area contributed by atoms with E-state index >= 15 is 0 Å². The van der Waals surface area contributed by atoms with Crippen LogP contribution in [0.1, 0.15) is 55.4 Å². The molecule has 0 radical (unpaired) electrons. The number of morpholine rings is 1. The number of benzene rings is 1. The summed E-state index contributed by atoms with van der Waals surface area (Å²) in [4.78, 5) is 16.5. The number of aromatic nitrogens is 3. The first kappa shape index (κ1) is 24.2. The van der Waals surface area contributed by atoms with Gasteiger partial charge in [-0.3, -0.25) is 4.99 Å². The highest BCUT2D eigenvalue weighted by Crippen LogP contribution is 2.35. The maximum atomic E-state index is 13.5. The summed E-state index contributed by atoms with van der Waals surface area (Å²) < 4.78 is 47.9. The minimum absolute atomic E-state index is 0.156. The Hall–Kier alpha value is -2.94. The van der Waals surface area contributed by atoms with Gasteiger partial charge in [-0.15, -0.1) is 0 Å². The van der Waals surface area contributed by atoms with E-state index in [4.69, 9.17) is 19.7 Å². The maximum absolute atomic E-state index is 13.5. The van der Waals surface area contributed by atoms with Gasteiger partial charge in [-0.1, -0.05) is 12.1 Å². The lowest BCUT2D eigenvalue weighted by molar-refractivity contribution is -0.138. The van der Waals surface area contributed by atoms with E-state index in [1.807, 2.05) is 19.2 Å². The summed E-state index contributed by atoms with van der Waals surface area (Å²) in [5, 5.41) is 0.826. The second-order valence-electron chi connectivity index (χ2n) is 8.93.